The molecule has 0 aliphatic carbocycles. The number of carbonyl (C=O) groups is 1. The Balaban J connectivity index is 1.76. The van der Waals surface area contributed by atoms with Gasteiger partial charge in [-0.25, -0.2) is 9.67 Å². The SMILES string of the molecule is CC(C)n1c(-n2cccn2)nc2c(NC(=O)C(C)(C)C)nc(NCCc3ccccc3)nc21. The van der Waals surface area contributed by atoms with Crippen molar-refractivity contribution in [2.24, 2.45) is 5.41 Å². The van der Waals surface area contributed by atoms with Crippen LogP contribution in [0.1, 0.15) is 46.2 Å². The van der Waals surface area contributed by atoms with Crippen molar-refractivity contribution >= 4 is 28.8 Å². The van der Waals surface area contributed by atoms with Crippen LogP contribution in [0.3, 0.4) is 0 Å². The van der Waals surface area contributed by atoms with Crippen molar-refractivity contribution < 1.29 is 4.79 Å². The predicted molar refractivity (Wildman–Crippen MR) is 130 cm³/mol. The third-order valence-corrected chi connectivity index (χ3v) is 5.20. The molecule has 0 radical (unpaired) electrons. The Hall–Kier alpha value is -3.75. The molecule has 0 unspecified atom stereocenters. The molecule has 33 heavy (non-hydrogen) atoms. The molecule has 4 aromatic rings. The maximum Gasteiger partial charge on any atom is 0.233 e. The average Bonchev–Trinajstić information content (AvgIpc) is 3.41. The van der Waals surface area contributed by atoms with Gasteiger partial charge in [0.1, 0.15) is 0 Å². The van der Waals surface area contributed by atoms with Crippen LogP contribution in [0.15, 0.2) is 48.8 Å². The van der Waals surface area contributed by atoms with E-state index < -0.39 is 5.41 Å². The van der Waals surface area contributed by atoms with E-state index in [9.17, 15) is 4.79 Å². The lowest BCUT2D eigenvalue weighted by molar-refractivity contribution is -0.123. The quantitative estimate of drug-likeness (QED) is 0.440. The molecular weight excluding hydrogens is 416 g/mol. The number of aromatic nitrogens is 6. The number of imidazole rings is 1. The first-order valence-electron chi connectivity index (χ1n) is 11.1. The third-order valence-electron chi connectivity index (χ3n) is 5.20. The van der Waals surface area contributed by atoms with Gasteiger partial charge in [-0.3, -0.25) is 9.36 Å². The highest BCUT2D eigenvalue weighted by molar-refractivity contribution is 6.00. The lowest BCUT2D eigenvalue weighted by Crippen LogP contribution is -2.28. The van der Waals surface area contributed by atoms with E-state index in [2.05, 4.69) is 46.7 Å². The van der Waals surface area contributed by atoms with Crippen LogP contribution in [0.4, 0.5) is 11.8 Å². The van der Waals surface area contributed by atoms with Gasteiger partial charge in [-0.2, -0.15) is 15.1 Å². The van der Waals surface area contributed by atoms with Crippen LogP contribution in [-0.2, 0) is 11.2 Å². The molecule has 0 saturated heterocycles. The zero-order valence-electron chi connectivity index (χ0n) is 19.7. The second kappa shape index (κ2) is 9.01. The van der Waals surface area contributed by atoms with Gasteiger partial charge in [0.2, 0.25) is 17.8 Å². The molecule has 3 heterocycles. The lowest BCUT2D eigenvalue weighted by Gasteiger charge is -2.18. The molecule has 0 fully saturated rings. The molecule has 0 aliphatic rings. The molecule has 0 aliphatic heterocycles. The summed E-state index contributed by atoms with van der Waals surface area (Å²) < 4.78 is 3.69. The van der Waals surface area contributed by atoms with Gasteiger partial charge in [-0.05, 0) is 31.9 Å². The van der Waals surface area contributed by atoms with Gasteiger partial charge in [0.05, 0.1) is 0 Å². The number of nitrogens with zero attached hydrogens (tertiary/aromatic N) is 6. The van der Waals surface area contributed by atoms with Crippen molar-refractivity contribution in [3.05, 3.63) is 54.4 Å². The van der Waals surface area contributed by atoms with Crippen LogP contribution in [0.2, 0.25) is 0 Å². The number of hydrogen-bond acceptors (Lipinski definition) is 6. The molecule has 0 atom stereocenters. The van der Waals surface area contributed by atoms with Crippen LogP contribution < -0.4 is 10.6 Å². The summed E-state index contributed by atoms with van der Waals surface area (Å²) >= 11 is 0. The van der Waals surface area contributed by atoms with Crippen molar-refractivity contribution in [3.63, 3.8) is 0 Å². The minimum atomic E-state index is -0.580. The zero-order chi connectivity index (χ0) is 23.6. The second-order valence-electron chi connectivity index (χ2n) is 9.26. The molecule has 3 aromatic heterocycles. The molecule has 172 valence electrons. The van der Waals surface area contributed by atoms with Gasteiger partial charge < -0.3 is 10.6 Å². The summed E-state index contributed by atoms with van der Waals surface area (Å²) in [7, 11) is 0. The van der Waals surface area contributed by atoms with Crippen LogP contribution in [0, 0.1) is 5.41 Å². The molecule has 1 aromatic carbocycles. The fourth-order valence-corrected chi connectivity index (χ4v) is 3.41. The Kier molecular flexibility index (Phi) is 6.13. The highest BCUT2D eigenvalue weighted by atomic mass is 16.2. The van der Waals surface area contributed by atoms with Gasteiger partial charge in [-0.1, -0.05) is 51.1 Å². The first-order chi connectivity index (χ1) is 15.7. The van der Waals surface area contributed by atoms with E-state index in [1.54, 1.807) is 10.9 Å². The monoisotopic (exact) mass is 446 g/mol. The van der Waals surface area contributed by atoms with Gasteiger partial charge in [0, 0.05) is 30.4 Å². The predicted octanol–water partition coefficient (Wildman–Crippen LogP) is 4.23. The summed E-state index contributed by atoms with van der Waals surface area (Å²) in [4.78, 5) is 27.0. The number of rotatable bonds is 7. The number of carbonyl (C=O) groups excluding carboxylic acids is 1. The fourth-order valence-electron chi connectivity index (χ4n) is 3.41. The molecule has 0 bridgehead atoms. The normalized spacial score (nSPS) is 11.8. The van der Waals surface area contributed by atoms with E-state index in [0.29, 0.717) is 35.4 Å². The molecule has 4 rings (SSSR count). The van der Waals surface area contributed by atoms with E-state index in [1.807, 2.05) is 55.8 Å². The Labute approximate surface area is 193 Å². The van der Waals surface area contributed by atoms with Gasteiger partial charge in [0.15, 0.2) is 17.0 Å². The van der Waals surface area contributed by atoms with E-state index in [1.165, 1.54) is 5.56 Å². The average molecular weight is 447 g/mol. The van der Waals surface area contributed by atoms with Crippen molar-refractivity contribution in [1.29, 1.82) is 0 Å². The standard InChI is InChI=1S/C24H30N8O/c1-16(2)32-20-18(27-23(32)31-15-9-13-26-31)19(28-21(33)24(3,4)5)29-22(30-20)25-14-12-17-10-7-6-8-11-17/h6-11,13,15-16H,12,14H2,1-5H3,(H2,25,28,29,30,33). The Morgan fingerprint density at radius 2 is 1.82 bits per heavy atom. The fraction of sp³-hybridized carbons (Fsp3) is 0.375. The van der Waals surface area contributed by atoms with Crippen molar-refractivity contribution in [3.8, 4) is 5.95 Å². The van der Waals surface area contributed by atoms with Crippen LogP contribution >= 0.6 is 0 Å². The van der Waals surface area contributed by atoms with E-state index in [4.69, 9.17) is 9.97 Å². The summed E-state index contributed by atoms with van der Waals surface area (Å²) in [5, 5.41) is 10.6. The van der Waals surface area contributed by atoms with Crippen LogP contribution in [0.25, 0.3) is 17.1 Å². The third kappa shape index (κ3) is 4.87. The minimum Gasteiger partial charge on any atom is -0.354 e. The minimum absolute atomic E-state index is 0.0624. The highest BCUT2D eigenvalue weighted by Crippen LogP contribution is 2.28. The molecule has 0 spiro atoms. The number of amides is 1. The first-order valence-corrected chi connectivity index (χ1v) is 11.1. The maximum absolute atomic E-state index is 12.8. The van der Waals surface area contributed by atoms with Gasteiger partial charge in [0.25, 0.3) is 0 Å². The van der Waals surface area contributed by atoms with Gasteiger partial charge >= 0.3 is 0 Å². The van der Waals surface area contributed by atoms with E-state index in [0.717, 1.165) is 6.42 Å². The lowest BCUT2D eigenvalue weighted by atomic mass is 9.96. The number of fused-ring (bicyclic) bond motifs is 1. The summed E-state index contributed by atoms with van der Waals surface area (Å²) in [6.45, 7) is 10.4. The molecule has 1 amide bonds. The number of benzene rings is 1. The Morgan fingerprint density at radius 1 is 1.06 bits per heavy atom. The van der Waals surface area contributed by atoms with Crippen LogP contribution in [0.5, 0.6) is 0 Å². The molecule has 0 saturated carbocycles. The molecule has 9 heteroatoms. The van der Waals surface area contributed by atoms with Crippen molar-refractivity contribution in [2.75, 3.05) is 17.2 Å². The van der Waals surface area contributed by atoms with E-state index in [-0.39, 0.29) is 11.9 Å². The van der Waals surface area contributed by atoms with E-state index >= 15 is 0 Å². The topological polar surface area (TPSA) is 103 Å². The second-order valence-corrected chi connectivity index (χ2v) is 9.26. The first kappa shape index (κ1) is 22.4. The Bertz CT molecular complexity index is 1240. The summed E-state index contributed by atoms with van der Waals surface area (Å²) in [5.74, 6) is 1.30. The Morgan fingerprint density at radius 3 is 2.45 bits per heavy atom. The molecular formula is C24H30N8O. The summed E-state index contributed by atoms with van der Waals surface area (Å²) in [5.41, 5.74) is 1.81. The number of anilines is 2. The highest BCUT2D eigenvalue weighted by Gasteiger charge is 2.26. The van der Waals surface area contributed by atoms with Gasteiger partial charge in [-0.15, -0.1) is 0 Å². The smallest absolute Gasteiger partial charge is 0.233 e. The molecule has 2 N–H and O–H groups in total. The van der Waals surface area contributed by atoms with Crippen LogP contribution in [-0.4, -0.2) is 41.8 Å². The number of nitrogens with one attached hydrogen (secondary N) is 2. The number of hydrogen-bond donors (Lipinski definition) is 2. The van der Waals surface area contributed by atoms with Crippen molar-refractivity contribution in [2.45, 2.75) is 47.1 Å². The van der Waals surface area contributed by atoms with Crippen molar-refractivity contribution in [1.82, 2.24) is 29.3 Å². The maximum atomic E-state index is 12.8. The largest absolute Gasteiger partial charge is 0.354 e. The summed E-state index contributed by atoms with van der Waals surface area (Å²) in [6.07, 6.45) is 4.36. The zero-order valence-corrected chi connectivity index (χ0v) is 19.7. The molecule has 9 nitrogen and oxygen atoms in total. The summed E-state index contributed by atoms with van der Waals surface area (Å²) in [6, 6.07) is 12.1.